The summed E-state index contributed by atoms with van der Waals surface area (Å²) in [5, 5.41) is 10.8. The molecule has 2 fully saturated rings. The minimum absolute atomic E-state index is 0.0490. The normalized spacial score (nSPS) is 20.5. The van der Waals surface area contributed by atoms with Crippen molar-refractivity contribution in [3.05, 3.63) is 33.9 Å². The van der Waals surface area contributed by atoms with E-state index in [0.29, 0.717) is 25.2 Å². The average Bonchev–Trinajstić information content (AvgIpc) is 3.08. The van der Waals surface area contributed by atoms with E-state index in [1.807, 2.05) is 0 Å². The second-order valence-electron chi connectivity index (χ2n) is 6.42. The molecule has 2 aliphatic heterocycles. The first-order chi connectivity index (χ1) is 11.4. The van der Waals surface area contributed by atoms with Crippen molar-refractivity contribution in [2.24, 2.45) is 0 Å². The summed E-state index contributed by atoms with van der Waals surface area (Å²) in [4.78, 5) is 14.1. The molecule has 3 rings (SSSR count). The van der Waals surface area contributed by atoms with Crippen LogP contribution in [0.25, 0.3) is 0 Å². The van der Waals surface area contributed by atoms with Gasteiger partial charge in [-0.15, -0.1) is 0 Å². The molecule has 132 valence electrons. The summed E-state index contributed by atoms with van der Waals surface area (Å²) < 4.78 is 39.9. The van der Waals surface area contributed by atoms with E-state index in [2.05, 4.69) is 4.90 Å². The van der Waals surface area contributed by atoms with Crippen LogP contribution in [0.4, 0.5) is 24.5 Å². The predicted molar refractivity (Wildman–Crippen MR) is 84.1 cm³/mol. The molecule has 0 aliphatic carbocycles. The van der Waals surface area contributed by atoms with E-state index in [9.17, 15) is 23.3 Å². The maximum Gasteiger partial charge on any atom is 0.418 e. The van der Waals surface area contributed by atoms with Gasteiger partial charge < -0.3 is 9.80 Å². The van der Waals surface area contributed by atoms with Crippen molar-refractivity contribution in [3.63, 3.8) is 0 Å². The lowest BCUT2D eigenvalue weighted by molar-refractivity contribution is -0.385. The third kappa shape index (κ3) is 3.48. The first kappa shape index (κ1) is 17.0. The maximum absolute atomic E-state index is 13.3. The summed E-state index contributed by atoms with van der Waals surface area (Å²) in [6, 6.07) is 3.46. The third-order valence-electron chi connectivity index (χ3n) is 4.96. The van der Waals surface area contributed by atoms with Gasteiger partial charge in [-0.3, -0.25) is 10.1 Å². The SMILES string of the molecule is O=[N+]([O-])c1ccc(N2CCC(N3CCCC3)CC2)c(C(F)(F)F)c1. The maximum atomic E-state index is 13.3. The van der Waals surface area contributed by atoms with Crippen LogP contribution in [-0.4, -0.2) is 42.0 Å². The van der Waals surface area contributed by atoms with Gasteiger partial charge in [-0.05, 0) is 44.8 Å². The van der Waals surface area contributed by atoms with Gasteiger partial charge >= 0.3 is 6.18 Å². The zero-order valence-electron chi connectivity index (χ0n) is 13.3. The van der Waals surface area contributed by atoms with Gasteiger partial charge in [0.05, 0.1) is 10.5 Å². The third-order valence-corrected chi connectivity index (χ3v) is 4.96. The molecule has 2 aliphatic rings. The molecule has 0 amide bonds. The van der Waals surface area contributed by atoms with Gasteiger partial charge in [0.15, 0.2) is 0 Å². The summed E-state index contributed by atoms with van der Waals surface area (Å²) >= 11 is 0. The molecule has 0 radical (unpaired) electrons. The number of anilines is 1. The number of nitro benzene ring substituents is 1. The minimum atomic E-state index is -4.60. The Labute approximate surface area is 138 Å². The lowest BCUT2D eigenvalue weighted by Crippen LogP contribution is -2.44. The van der Waals surface area contributed by atoms with Crippen LogP contribution in [0.3, 0.4) is 0 Å². The summed E-state index contributed by atoms with van der Waals surface area (Å²) in [7, 11) is 0. The van der Waals surface area contributed by atoms with E-state index < -0.39 is 22.4 Å². The molecule has 0 atom stereocenters. The van der Waals surface area contributed by atoms with E-state index in [1.165, 1.54) is 18.9 Å². The number of likely N-dealkylation sites (tertiary alicyclic amines) is 1. The summed E-state index contributed by atoms with van der Waals surface area (Å²) in [5.74, 6) is 0. The van der Waals surface area contributed by atoms with Crippen molar-refractivity contribution < 1.29 is 18.1 Å². The number of hydrogen-bond donors (Lipinski definition) is 0. The van der Waals surface area contributed by atoms with E-state index >= 15 is 0 Å². The summed E-state index contributed by atoms with van der Waals surface area (Å²) in [6.45, 7) is 3.25. The highest BCUT2D eigenvalue weighted by molar-refractivity contribution is 5.59. The van der Waals surface area contributed by atoms with E-state index in [1.54, 1.807) is 4.90 Å². The molecule has 0 saturated carbocycles. The molecule has 5 nitrogen and oxygen atoms in total. The zero-order chi connectivity index (χ0) is 17.3. The fraction of sp³-hybridized carbons (Fsp3) is 0.625. The minimum Gasteiger partial charge on any atom is -0.371 e. The lowest BCUT2D eigenvalue weighted by atomic mass is 10.0. The average molecular weight is 343 g/mol. The standard InChI is InChI=1S/C16H20F3N3O2/c17-16(18,19)14-11-13(22(23)24)3-4-15(14)21-9-5-12(6-10-21)20-7-1-2-8-20/h3-4,11-12H,1-2,5-10H2. The Morgan fingerprint density at radius 1 is 1.08 bits per heavy atom. The molecule has 1 aromatic rings. The Bertz CT molecular complexity index is 607. The largest absolute Gasteiger partial charge is 0.418 e. The highest BCUT2D eigenvalue weighted by Crippen LogP contribution is 2.39. The Hall–Kier alpha value is -1.83. The number of nitro groups is 1. The summed E-state index contributed by atoms with van der Waals surface area (Å²) in [6.07, 6.45) is -0.558. The van der Waals surface area contributed by atoms with E-state index in [-0.39, 0.29) is 5.69 Å². The molecular weight excluding hydrogens is 323 g/mol. The van der Waals surface area contributed by atoms with Crippen molar-refractivity contribution in [1.82, 2.24) is 4.90 Å². The molecule has 8 heteroatoms. The van der Waals surface area contributed by atoms with Gasteiger partial charge in [0.25, 0.3) is 5.69 Å². The van der Waals surface area contributed by atoms with Crippen LogP contribution < -0.4 is 4.90 Å². The van der Waals surface area contributed by atoms with E-state index in [4.69, 9.17) is 0 Å². The van der Waals surface area contributed by atoms with Crippen molar-refractivity contribution in [2.75, 3.05) is 31.1 Å². The first-order valence-electron chi connectivity index (χ1n) is 8.21. The van der Waals surface area contributed by atoms with Crippen LogP contribution in [0.15, 0.2) is 18.2 Å². The number of hydrogen-bond acceptors (Lipinski definition) is 4. The number of alkyl halides is 3. The van der Waals surface area contributed by atoms with Crippen molar-refractivity contribution >= 4 is 11.4 Å². The number of piperidine rings is 1. The highest BCUT2D eigenvalue weighted by atomic mass is 19.4. The van der Waals surface area contributed by atoms with Crippen molar-refractivity contribution in [1.29, 1.82) is 0 Å². The Morgan fingerprint density at radius 3 is 2.25 bits per heavy atom. The van der Waals surface area contributed by atoms with Gasteiger partial charge in [-0.2, -0.15) is 13.2 Å². The van der Waals surface area contributed by atoms with Crippen LogP contribution in [0.2, 0.25) is 0 Å². The molecule has 0 N–H and O–H groups in total. The summed E-state index contributed by atoms with van der Waals surface area (Å²) in [5.41, 5.74) is -1.40. The monoisotopic (exact) mass is 343 g/mol. The Balaban J connectivity index is 1.78. The highest BCUT2D eigenvalue weighted by Gasteiger charge is 2.37. The van der Waals surface area contributed by atoms with Crippen LogP contribution in [0.1, 0.15) is 31.2 Å². The van der Waals surface area contributed by atoms with Crippen LogP contribution >= 0.6 is 0 Å². The van der Waals surface area contributed by atoms with Crippen LogP contribution in [0.5, 0.6) is 0 Å². The Morgan fingerprint density at radius 2 is 1.71 bits per heavy atom. The predicted octanol–water partition coefficient (Wildman–Crippen LogP) is 3.68. The van der Waals surface area contributed by atoms with Crippen LogP contribution in [0, 0.1) is 10.1 Å². The second kappa shape index (κ2) is 6.58. The number of benzene rings is 1. The molecule has 2 heterocycles. The molecular formula is C16H20F3N3O2. The first-order valence-corrected chi connectivity index (χ1v) is 8.21. The fourth-order valence-corrected chi connectivity index (χ4v) is 3.72. The second-order valence-corrected chi connectivity index (χ2v) is 6.42. The van der Waals surface area contributed by atoms with Gasteiger partial charge in [-0.25, -0.2) is 0 Å². The van der Waals surface area contributed by atoms with Gasteiger partial charge in [0, 0.05) is 37.0 Å². The quantitative estimate of drug-likeness (QED) is 0.621. The topological polar surface area (TPSA) is 49.6 Å². The lowest BCUT2D eigenvalue weighted by Gasteiger charge is -2.38. The number of rotatable bonds is 3. The zero-order valence-corrected chi connectivity index (χ0v) is 13.3. The van der Waals surface area contributed by atoms with Gasteiger partial charge in [0.1, 0.15) is 0 Å². The molecule has 2 saturated heterocycles. The smallest absolute Gasteiger partial charge is 0.371 e. The molecule has 0 spiro atoms. The molecule has 0 aromatic heterocycles. The van der Waals surface area contributed by atoms with E-state index in [0.717, 1.165) is 32.0 Å². The van der Waals surface area contributed by atoms with Crippen molar-refractivity contribution in [3.8, 4) is 0 Å². The fourth-order valence-electron chi connectivity index (χ4n) is 3.72. The molecule has 0 bridgehead atoms. The van der Waals surface area contributed by atoms with Crippen LogP contribution in [-0.2, 0) is 6.18 Å². The molecule has 24 heavy (non-hydrogen) atoms. The Kier molecular flexibility index (Phi) is 4.67. The molecule has 0 unspecified atom stereocenters. The number of non-ortho nitro benzene ring substituents is 1. The number of halogens is 3. The molecule has 1 aromatic carbocycles. The van der Waals surface area contributed by atoms with Gasteiger partial charge in [-0.1, -0.05) is 0 Å². The van der Waals surface area contributed by atoms with Crippen molar-refractivity contribution in [2.45, 2.75) is 37.9 Å². The van der Waals surface area contributed by atoms with Gasteiger partial charge in [0.2, 0.25) is 0 Å². The number of nitrogens with zero attached hydrogens (tertiary/aromatic N) is 3.